The molecular weight excluding hydrogens is 475 g/mol. The van der Waals surface area contributed by atoms with Crippen molar-refractivity contribution in [2.75, 3.05) is 11.9 Å². The van der Waals surface area contributed by atoms with Crippen LogP contribution in [0.1, 0.15) is 12.5 Å². The minimum absolute atomic E-state index is 0.0164. The summed E-state index contributed by atoms with van der Waals surface area (Å²) in [4.78, 5) is 11.4. The fourth-order valence-corrected chi connectivity index (χ4v) is 4.34. The molecule has 0 aliphatic rings. The molecule has 0 aromatic heterocycles. The Hall–Kier alpha value is -2.44. The molecule has 11 heteroatoms. The number of halogens is 3. The molecule has 7 nitrogen and oxygen atoms in total. The van der Waals surface area contributed by atoms with Gasteiger partial charge in [-0.25, -0.2) is 4.79 Å². The maximum atomic E-state index is 12.6. The van der Waals surface area contributed by atoms with E-state index in [2.05, 4.69) is 5.32 Å². The maximum absolute atomic E-state index is 12.6. The molecule has 0 saturated heterocycles. The summed E-state index contributed by atoms with van der Waals surface area (Å²) < 4.78 is 35.1. The highest BCUT2D eigenvalue weighted by Crippen LogP contribution is 2.35. The Bertz CT molecular complexity index is 1110. The molecule has 0 unspecified atom stereocenters. The number of hydrogen-bond donors (Lipinski definition) is 1. The molecule has 0 fully saturated rings. The zero-order valence-electron chi connectivity index (χ0n) is 15.7. The lowest BCUT2D eigenvalue weighted by Crippen LogP contribution is -2.11. The van der Waals surface area contributed by atoms with Crippen molar-refractivity contribution in [3.63, 3.8) is 0 Å². The van der Waals surface area contributed by atoms with E-state index in [9.17, 15) is 13.2 Å². The Kier molecular flexibility index (Phi) is 7.98. The van der Waals surface area contributed by atoms with Crippen LogP contribution in [0, 0.1) is 18.3 Å². The summed E-state index contributed by atoms with van der Waals surface area (Å²) >= 11 is 17.9. The number of aryl methyl sites for hydroxylation is 1. The molecule has 1 N–H and O–H groups in total. The second kappa shape index (κ2) is 10.0. The van der Waals surface area contributed by atoms with Crippen molar-refractivity contribution in [1.29, 1.82) is 5.26 Å². The van der Waals surface area contributed by atoms with Gasteiger partial charge in [-0.1, -0.05) is 34.8 Å². The predicted octanol–water partition coefficient (Wildman–Crippen LogP) is 5.11. The van der Waals surface area contributed by atoms with E-state index in [0.717, 1.165) is 6.20 Å². The summed E-state index contributed by atoms with van der Waals surface area (Å²) in [5.41, 5.74) is 0.529. The molecule has 2 rings (SSSR count). The molecule has 0 atom stereocenters. The largest absolute Gasteiger partial charge is 0.462 e. The van der Waals surface area contributed by atoms with Crippen molar-refractivity contribution in [2.24, 2.45) is 0 Å². The molecule has 0 bridgehead atoms. The molecule has 158 valence electrons. The van der Waals surface area contributed by atoms with Gasteiger partial charge < -0.3 is 14.2 Å². The maximum Gasteiger partial charge on any atom is 0.350 e. The number of nitrogens with zero attached hydrogens (tertiary/aromatic N) is 1. The molecule has 30 heavy (non-hydrogen) atoms. The van der Waals surface area contributed by atoms with Gasteiger partial charge in [0.1, 0.15) is 11.0 Å². The highest BCUT2D eigenvalue weighted by molar-refractivity contribution is 7.87. The number of ether oxygens (including phenoxy) is 1. The van der Waals surface area contributed by atoms with Gasteiger partial charge >= 0.3 is 16.1 Å². The van der Waals surface area contributed by atoms with Crippen LogP contribution in [0.2, 0.25) is 15.1 Å². The Morgan fingerprint density at radius 3 is 2.33 bits per heavy atom. The summed E-state index contributed by atoms with van der Waals surface area (Å²) in [5, 5.41) is 12.0. The Balaban J connectivity index is 2.30. The summed E-state index contributed by atoms with van der Waals surface area (Å²) in [6.07, 6.45) is 1.16. The number of anilines is 1. The number of hydrogen-bond acceptors (Lipinski definition) is 7. The first-order chi connectivity index (χ1) is 14.1. The van der Waals surface area contributed by atoms with E-state index in [0.29, 0.717) is 11.3 Å². The number of esters is 1. The van der Waals surface area contributed by atoms with Gasteiger partial charge in [-0.3, -0.25) is 0 Å². The molecule has 0 heterocycles. The van der Waals surface area contributed by atoms with Crippen LogP contribution >= 0.6 is 34.8 Å². The third-order valence-electron chi connectivity index (χ3n) is 3.55. The smallest absolute Gasteiger partial charge is 0.350 e. The van der Waals surface area contributed by atoms with E-state index >= 15 is 0 Å². The molecular formula is C19H15Cl3N2O5S. The molecule has 0 radical (unpaired) electrons. The number of carbonyl (C=O) groups excluding carboxylic acids is 1. The normalized spacial score (nSPS) is 11.5. The van der Waals surface area contributed by atoms with Crippen molar-refractivity contribution in [1.82, 2.24) is 0 Å². The Labute approximate surface area is 188 Å². The number of rotatable bonds is 7. The molecule has 0 aliphatic heterocycles. The van der Waals surface area contributed by atoms with Crippen LogP contribution < -0.4 is 9.50 Å². The highest BCUT2D eigenvalue weighted by Gasteiger charge is 2.21. The minimum Gasteiger partial charge on any atom is -0.462 e. The van der Waals surface area contributed by atoms with Gasteiger partial charge in [0.05, 0.1) is 11.6 Å². The van der Waals surface area contributed by atoms with Crippen LogP contribution in [-0.2, 0) is 19.6 Å². The third kappa shape index (κ3) is 6.03. The monoisotopic (exact) mass is 488 g/mol. The van der Waals surface area contributed by atoms with Crippen LogP contribution in [0.5, 0.6) is 5.75 Å². The first-order valence-corrected chi connectivity index (χ1v) is 10.9. The highest BCUT2D eigenvalue weighted by atomic mass is 35.5. The average Bonchev–Trinajstić information content (AvgIpc) is 2.64. The van der Waals surface area contributed by atoms with Crippen LogP contribution in [0.15, 0.2) is 47.0 Å². The first kappa shape index (κ1) is 23.8. The Morgan fingerprint density at radius 2 is 1.80 bits per heavy atom. The number of nitrogens with one attached hydrogen (secondary N) is 1. The van der Waals surface area contributed by atoms with E-state index < -0.39 is 16.1 Å². The summed E-state index contributed by atoms with van der Waals surface area (Å²) in [6.45, 7) is 3.32. The van der Waals surface area contributed by atoms with Gasteiger partial charge in [-0.2, -0.15) is 13.7 Å². The van der Waals surface area contributed by atoms with Gasteiger partial charge in [-0.05, 0) is 49.7 Å². The molecule has 0 amide bonds. The van der Waals surface area contributed by atoms with Crippen molar-refractivity contribution >= 4 is 56.6 Å². The predicted molar refractivity (Wildman–Crippen MR) is 114 cm³/mol. The average molecular weight is 490 g/mol. The molecule has 2 aromatic rings. The minimum atomic E-state index is -4.25. The van der Waals surface area contributed by atoms with Gasteiger partial charge in [-0.15, -0.1) is 0 Å². The number of benzene rings is 2. The SMILES string of the molecule is CCOC(=O)/C(C#N)=C/Nc1cc(C)c(OS(=O)(=O)c2cc(Cl)cc(Cl)c2)c(Cl)c1. The number of nitriles is 1. The van der Waals surface area contributed by atoms with E-state index in [1.54, 1.807) is 19.9 Å². The number of carbonyl (C=O) groups is 1. The van der Waals surface area contributed by atoms with Gasteiger partial charge in [0.15, 0.2) is 11.3 Å². The van der Waals surface area contributed by atoms with Gasteiger partial charge in [0.25, 0.3) is 0 Å². The van der Waals surface area contributed by atoms with Crippen LogP contribution in [-0.4, -0.2) is 21.0 Å². The standard InChI is InChI=1S/C19H15Cl3N2O5S/c1-3-28-19(25)12(9-23)10-24-15-4-11(2)18(17(22)8-15)29-30(26,27)16-6-13(20)5-14(21)7-16/h4-8,10,24H,3H2,1-2H3/b12-10+. The van der Waals surface area contributed by atoms with Crippen LogP contribution in [0.3, 0.4) is 0 Å². The van der Waals surface area contributed by atoms with Crippen molar-refractivity contribution in [3.05, 3.63) is 62.7 Å². The second-order valence-corrected chi connectivity index (χ2v) is 8.61. The lowest BCUT2D eigenvalue weighted by atomic mass is 10.2. The molecule has 0 aliphatic carbocycles. The zero-order chi connectivity index (χ0) is 22.5. The summed E-state index contributed by atoms with van der Waals surface area (Å²) in [6, 6.07) is 8.41. The fourth-order valence-electron chi connectivity index (χ4n) is 2.25. The van der Waals surface area contributed by atoms with E-state index in [1.807, 2.05) is 0 Å². The van der Waals surface area contributed by atoms with Crippen molar-refractivity contribution in [2.45, 2.75) is 18.7 Å². The Morgan fingerprint density at radius 1 is 1.17 bits per heavy atom. The van der Waals surface area contributed by atoms with Gasteiger partial charge in [0, 0.05) is 21.9 Å². The summed E-state index contributed by atoms with van der Waals surface area (Å²) in [5.74, 6) is -0.866. The van der Waals surface area contributed by atoms with Crippen molar-refractivity contribution in [3.8, 4) is 11.8 Å². The molecule has 0 saturated carbocycles. The van der Waals surface area contributed by atoms with Gasteiger partial charge in [0.2, 0.25) is 0 Å². The first-order valence-electron chi connectivity index (χ1n) is 8.32. The third-order valence-corrected chi connectivity index (χ3v) is 5.46. The topological polar surface area (TPSA) is 105 Å². The van der Waals surface area contributed by atoms with E-state index in [1.165, 1.54) is 30.3 Å². The second-order valence-electron chi connectivity index (χ2n) is 5.78. The quantitative estimate of drug-likeness (QED) is 0.249. The lowest BCUT2D eigenvalue weighted by Gasteiger charge is -2.13. The fraction of sp³-hybridized carbons (Fsp3) is 0.158. The summed E-state index contributed by atoms with van der Waals surface area (Å²) in [7, 11) is -4.25. The van der Waals surface area contributed by atoms with E-state index in [-0.39, 0.29) is 37.9 Å². The van der Waals surface area contributed by atoms with Crippen LogP contribution in [0.4, 0.5) is 5.69 Å². The van der Waals surface area contributed by atoms with E-state index in [4.69, 9.17) is 49.0 Å². The lowest BCUT2D eigenvalue weighted by molar-refractivity contribution is -0.138. The zero-order valence-corrected chi connectivity index (χ0v) is 18.8. The van der Waals surface area contributed by atoms with Crippen LogP contribution in [0.25, 0.3) is 0 Å². The van der Waals surface area contributed by atoms with Crippen molar-refractivity contribution < 1.29 is 22.1 Å². The molecule has 2 aromatic carbocycles. The molecule has 0 spiro atoms.